The number of allylic oxidation sites excluding steroid dienone is 12. The zero-order valence-electron chi connectivity index (χ0n) is 32.6. The van der Waals surface area contributed by atoms with E-state index in [9.17, 15) is 14.2 Å². The Morgan fingerprint density at radius 2 is 1.17 bits per heavy atom. The van der Waals surface area contributed by atoms with Gasteiger partial charge in [-0.15, -0.1) is 0 Å². The average Bonchev–Trinajstić information content (AvgIpc) is 3.88. The molecule has 1 heterocycles. The summed E-state index contributed by atoms with van der Waals surface area (Å²) in [6.45, 7) is 3.45. The van der Waals surface area contributed by atoms with Crippen LogP contribution in [0.3, 0.4) is 0 Å². The lowest BCUT2D eigenvalue weighted by atomic mass is 10.1. The van der Waals surface area contributed by atoms with E-state index in [0.29, 0.717) is 25.0 Å². The predicted octanol–water partition coefficient (Wildman–Crippen LogP) is 11.1. The van der Waals surface area contributed by atoms with Gasteiger partial charge in [0, 0.05) is 12.8 Å². The van der Waals surface area contributed by atoms with Gasteiger partial charge in [0.1, 0.15) is 6.61 Å². The van der Waals surface area contributed by atoms with E-state index in [1.807, 2.05) is 12.2 Å². The smallest absolute Gasteiger partial charge is 0.462 e. The van der Waals surface area contributed by atoms with E-state index in [1.54, 1.807) is 0 Å². The first-order valence-electron chi connectivity index (χ1n) is 20.0. The lowest BCUT2D eigenvalue weighted by molar-refractivity contribution is -0.161. The Labute approximate surface area is 320 Å². The normalized spacial score (nSPS) is 17.2. The lowest BCUT2D eigenvalue weighted by Crippen LogP contribution is -2.29. The maximum atomic E-state index is 12.4. The van der Waals surface area contributed by atoms with Gasteiger partial charge < -0.3 is 24.0 Å². The number of epoxide rings is 1. The standard InChI is InChI=1S/C43H69O9P/c1-3-5-7-8-9-10-11-12-13-14-18-21-24-27-31-35-42(44)49-37-39(38-50-53(46,47)48)51-43(45)36-32-28-25-22-19-16-15-17-20-23-26-30-34-41-40(52-41)33-29-6-4-2/h6,10-13,16-17,19-20,25-26,28-30,39-41H,3-5,7-9,14-15,18,21-24,27,31-38H2,1-2H3,(H2,46,47,48)/b11-10-,13-12-,19-16-,20-17-,28-25-,29-6-,30-26-/t39-,40?,41?/m1/s1. The zero-order valence-corrected chi connectivity index (χ0v) is 33.5. The first-order valence-corrected chi connectivity index (χ1v) is 21.5. The van der Waals surface area contributed by atoms with Crippen molar-refractivity contribution < 1.29 is 42.7 Å². The van der Waals surface area contributed by atoms with E-state index in [-0.39, 0.29) is 19.4 Å². The van der Waals surface area contributed by atoms with Crippen molar-refractivity contribution in [3.05, 3.63) is 85.1 Å². The molecule has 0 amide bonds. The number of carbonyl (C=O) groups is 2. The molecular weight excluding hydrogens is 691 g/mol. The molecule has 1 rings (SSSR count). The molecule has 0 aromatic rings. The number of phosphoric acid groups is 1. The van der Waals surface area contributed by atoms with Crippen LogP contribution in [0, 0.1) is 0 Å². The summed E-state index contributed by atoms with van der Waals surface area (Å²) >= 11 is 0. The topological polar surface area (TPSA) is 132 Å². The lowest BCUT2D eigenvalue weighted by Gasteiger charge is -2.18. The van der Waals surface area contributed by atoms with Crippen LogP contribution in [0.4, 0.5) is 0 Å². The molecule has 0 aromatic carbocycles. The second kappa shape index (κ2) is 33.7. The Morgan fingerprint density at radius 3 is 1.77 bits per heavy atom. The third kappa shape index (κ3) is 33.5. The van der Waals surface area contributed by atoms with Crippen molar-refractivity contribution in [3.8, 4) is 0 Å². The van der Waals surface area contributed by atoms with Gasteiger partial charge in [-0.05, 0) is 77.0 Å². The van der Waals surface area contributed by atoms with E-state index < -0.39 is 32.5 Å². The van der Waals surface area contributed by atoms with Crippen LogP contribution < -0.4 is 0 Å². The molecule has 2 N–H and O–H groups in total. The van der Waals surface area contributed by atoms with Crippen molar-refractivity contribution in [1.29, 1.82) is 0 Å². The SMILES string of the molecule is CC/C=C\CC1OC1C/C=C\C/C=C\C/C=C\C/C=C\CCC(=O)O[C@H](COC(=O)CCCCCCC/C=C\C=C/CCCCCC)COP(=O)(O)O. The summed E-state index contributed by atoms with van der Waals surface area (Å²) < 4.78 is 31.9. The predicted molar refractivity (Wildman–Crippen MR) is 215 cm³/mol. The second-order valence-electron chi connectivity index (χ2n) is 13.3. The van der Waals surface area contributed by atoms with Crippen LogP contribution in [0.25, 0.3) is 0 Å². The quantitative estimate of drug-likeness (QED) is 0.0164. The Bertz CT molecular complexity index is 1190. The first-order chi connectivity index (χ1) is 25.7. The van der Waals surface area contributed by atoms with Gasteiger partial charge >= 0.3 is 19.8 Å². The summed E-state index contributed by atoms with van der Waals surface area (Å²) in [5, 5.41) is 0. The zero-order chi connectivity index (χ0) is 38.7. The monoisotopic (exact) mass is 760 g/mol. The molecule has 0 spiro atoms. The molecule has 0 aliphatic carbocycles. The molecule has 0 bridgehead atoms. The molecule has 0 aromatic heterocycles. The maximum Gasteiger partial charge on any atom is 0.469 e. The van der Waals surface area contributed by atoms with Crippen molar-refractivity contribution in [2.45, 2.75) is 161 Å². The van der Waals surface area contributed by atoms with Crippen molar-refractivity contribution in [3.63, 3.8) is 0 Å². The average molecular weight is 761 g/mol. The van der Waals surface area contributed by atoms with E-state index in [1.165, 1.54) is 25.7 Å². The number of rotatable bonds is 34. The van der Waals surface area contributed by atoms with Crippen molar-refractivity contribution in [1.82, 2.24) is 0 Å². The molecule has 2 unspecified atom stereocenters. The highest BCUT2D eigenvalue weighted by atomic mass is 31.2. The number of hydrogen-bond donors (Lipinski definition) is 2. The van der Waals surface area contributed by atoms with Crippen molar-refractivity contribution >= 4 is 19.8 Å². The summed E-state index contributed by atoms with van der Waals surface area (Å²) in [4.78, 5) is 42.8. The molecule has 1 fully saturated rings. The van der Waals surface area contributed by atoms with Gasteiger partial charge in [-0.25, -0.2) is 4.57 Å². The number of unbranched alkanes of at least 4 members (excludes halogenated alkanes) is 9. The van der Waals surface area contributed by atoms with E-state index in [4.69, 9.17) is 24.0 Å². The molecule has 0 saturated carbocycles. The van der Waals surface area contributed by atoms with Crippen LogP contribution in [0.5, 0.6) is 0 Å². The number of ether oxygens (including phenoxy) is 3. The van der Waals surface area contributed by atoms with E-state index >= 15 is 0 Å². The summed E-state index contributed by atoms with van der Waals surface area (Å²) in [6.07, 6.45) is 47.8. The second-order valence-corrected chi connectivity index (χ2v) is 14.5. The highest BCUT2D eigenvalue weighted by Gasteiger charge is 2.35. The number of esters is 2. The van der Waals surface area contributed by atoms with Crippen molar-refractivity contribution in [2.75, 3.05) is 13.2 Å². The van der Waals surface area contributed by atoms with Crippen LogP contribution in [0.1, 0.15) is 142 Å². The third-order valence-corrected chi connectivity index (χ3v) is 8.83. The van der Waals surface area contributed by atoms with Gasteiger partial charge in [-0.1, -0.05) is 137 Å². The van der Waals surface area contributed by atoms with Crippen LogP contribution >= 0.6 is 7.82 Å². The largest absolute Gasteiger partial charge is 0.469 e. The van der Waals surface area contributed by atoms with Gasteiger partial charge in [0.15, 0.2) is 6.10 Å². The fourth-order valence-corrected chi connectivity index (χ4v) is 5.61. The number of phosphoric ester groups is 1. The molecule has 3 atom stereocenters. The van der Waals surface area contributed by atoms with Crippen LogP contribution in [0.2, 0.25) is 0 Å². The highest BCUT2D eigenvalue weighted by molar-refractivity contribution is 7.46. The Kier molecular flexibility index (Phi) is 30.7. The number of hydrogen-bond acceptors (Lipinski definition) is 7. The van der Waals surface area contributed by atoms with Crippen LogP contribution in [0.15, 0.2) is 85.1 Å². The third-order valence-electron chi connectivity index (χ3n) is 8.34. The van der Waals surface area contributed by atoms with Gasteiger partial charge in [0.05, 0.1) is 18.8 Å². The minimum Gasteiger partial charge on any atom is -0.462 e. The molecule has 10 heteroatoms. The number of carbonyl (C=O) groups excluding carboxylic acids is 2. The maximum absolute atomic E-state index is 12.4. The molecule has 1 aliphatic rings. The highest BCUT2D eigenvalue weighted by Crippen LogP contribution is 2.36. The Balaban J connectivity index is 2.15. The fraction of sp³-hybridized carbons (Fsp3) is 0.628. The minimum atomic E-state index is -4.78. The summed E-state index contributed by atoms with van der Waals surface area (Å²) in [5.74, 6) is -1.01. The molecule has 1 saturated heterocycles. The molecule has 9 nitrogen and oxygen atoms in total. The van der Waals surface area contributed by atoms with E-state index in [0.717, 1.165) is 77.0 Å². The van der Waals surface area contributed by atoms with Gasteiger partial charge in [-0.3, -0.25) is 14.1 Å². The van der Waals surface area contributed by atoms with E-state index in [2.05, 4.69) is 91.3 Å². The molecule has 0 radical (unpaired) electrons. The first kappa shape index (κ1) is 48.2. The van der Waals surface area contributed by atoms with Gasteiger partial charge in [0.25, 0.3) is 0 Å². The Morgan fingerprint density at radius 1 is 0.623 bits per heavy atom. The van der Waals surface area contributed by atoms with Gasteiger partial charge in [-0.2, -0.15) is 0 Å². The van der Waals surface area contributed by atoms with Crippen LogP contribution in [-0.4, -0.2) is 53.3 Å². The fourth-order valence-electron chi connectivity index (χ4n) is 5.25. The molecule has 300 valence electrons. The van der Waals surface area contributed by atoms with Gasteiger partial charge in [0.2, 0.25) is 0 Å². The molecular formula is C43H69O9P. The summed E-state index contributed by atoms with van der Waals surface area (Å²) in [5.41, 5.74) is 0. The molecule has 1 aliphatic heterocycles. The van der Waals surface area contributed by atoms with Crippen molar-refractivity contribution in [2.24, 2.45) is 0 Å². The minimum absolute atomic E-state index is 0.0753. The Hall–Kier alpha value is -2.81. The summed E-state index contributed by atoms with van der Waals surface area (Å²) in [6, 6.07) is 0. The summed E-state index contributed by atoms with van der Waals surface area (Å²) in [7, 11) is -4.78. The molecule has 53 heavy (non-hydrogen) atoms. The van der Waals surface area contributed by atoms with Crippen LogP contribution in [-0.2, 0) is 32.9 Å².